The van der Waals surface area contributed by atoms with Crippen LogP contribution in [0, 0.1) is 0 Å². The largest absolute Gasteiger partial charge is 0.489 e. The molecule has 0 fully saturated rings. The van der Waals surface area contributed by atoms with Crippen LogP contribution in [0.15, 0.2) is 24.4 Å². The van der Waals surface area contributed by atoms with E-state index in [1.165, 1.54) is 0 Å². The van der Waals surface area contributed by atoms with Gasteiger partial charge in [0.1, 0.15) is 5.75 Å². The molecule has 1 N–H and O–H groups in total. The number of aromatic nitrogens is 1. The number of ether oxygens (including phenoxy) is 1. The van der Waals surface area contributed by atoms with E-state index >= 15 is 0 Å². The summed E-state index contributed by atoms with van der Waals surface area (Å²) in [5.74, 6) is 0.820. The minimum atomic E-state index is 0.190. The van der Waals surface area contributed by atoms with Gasteiger partial charge >= 0.3 is 0 Å². The average Bonchev–Trinajstić information content (AvgIpc) is 2.30. The number of pyridine rings is 1. The molecular weight excluding hydrogens is 212 g/mol. The van der Waals surface area contributed by atoms with Crippen LogP contribution in [0.5, 0.6) is 5.75 Å². The van der Waals surface area contributed by atoms with Gasteiger partial charge in [-0.15, -0.1) is 0 Å². The molecule has 1 rings (SSSR count). The van der Waals surface area contributed by atoms with Crippen LogP contribution in [0.4, 0.5) is 0 Å². The molecule has 0 radical (unpaired) electrons. The molecule has 1 aromatic heterocycles. The second kappa shape index (κ2) is 7.07. The topological polar surface area (TPSA) is 34.1 Å². The summed E-state index contributed by atoms with van der Waals surface area (Å²) < 4.78 is 5.53. The maximum atomic E-state index is 5.53. The zero-order chi connectivity index (χ0) is 12.7. The van der Waals surface area contributed by atoms with Crippen molar-refractivity contribution in [3.63, 3.8) is 0 Å². The van der Waals surface area contributed by atoms with E-state index in [0.717, 1.165) is 17.9 Å². The summed E-state index contributed by atoms with van der Waals surface area (Å²) in [6.07, 6.45) is 7.12. The first kappa shape index (κ1) is 13.7. The Bertz CT molecular complexity index is 344. The number of hydrogen-bond acceptors (Lipinski definition) is 3. The van der Waals surface area contributed by atoms with Crippen LogP contribution in [0.2, 0.25) is 0 Å². The van der Waals surface area contributed by atoms with Crippen LogP contribution in [0.25, 0.3) is 6.08 Å². The van der Waals surface area contributed by atoms with Crippen molar-refractivity contribution in [1.29, 1.82) is 0 Å². The van der Waals surface area contributed by atoms with E-state index < -0.39 is 0 Å². The molecule has 17 heavy (non-hydrogen) atoms. The first-order valence-corrected chi connectivity index (χ1v) is 6.08. The van der Waals surface area contributed by atoms with E-state index in [4.69, 9.17) is 4.74 Å². The first-order valence-electron chi connectivity index (χ1n) is 6.08. The quantitative estimate of drug-likeness (QED) is 0.821. The summed E-state index contributed by atoms with van der Waals surface area (Å²) in [6, 6.07) is 4.42. The average molecular weight is 234 g/mol. The van der Waals surface area contributed by atoms with Gasteiger partial charge in [0, 0.05) is 6.04 Å². The van der Waals surface area contributed by atoms with Gasteiger partial charge in [0.2, 0.25) is 0 Å². The zero-order valence-electron chi connectivity index (χ0n) is 11.1. The molecule has 0 saturated carbocycles. The van der Waals surface area contributed by atoms with Crippen molar-refractivity contribution < 1.29 is 4.74 Å². The number of nitrogens with one attached hydrogen (secondary N) is 1. The van der Waals surface area contributed by atoms with Crippen molar-refractivity contribution in [3.8, 4) is 5.75 Å². The normalized spacial score (nSPS) is 13.2. The highest BCUT2D eigenvalue weighted by Crippen LogP contribution is 2.12. The Morgan fingerprint density at radius 2 is 2.12 bits per heavy atom. The van der Waals surface area contributed by atoms with Crippen LogP contribution in [-0.4, -0.2) is 24.2 Å². The predicted octanol–water partition coefficient (Wildman–Crippen LogP) is 2.88. The maximum absolute atomic E-state index is 5.53. The van der Waals surface area contributed by atoms with Crippen molar-refractivity contribution in [2.75, 3.05) is 7.05 Å². The number of hydrogen-bond donors (Lipinski definition) is 1. The van der Waals surface area contributed by atoms with E-state index in [-0.39, 0.29) is 6.10 Å². The lowest BCUT2D eigenvalue weighted by molar-refractivity contribution is 0.241. The van der Waals surface area contributed by atoms with E-state index in [0.29, 0.717) is 6.04 Å². The fraction of sp³-hybridized carbons (Fsp3) is 0.500. The van der Waals surface area contributed by atoms with Gasteiger partial charge < -0.3 is 10.1 Å². The third-order valence-electron chi connectivity index (χ3n) is 2.40. The Balaban J connectivity index is 2.50. The minimum absolute atomic E-state index is 0.190. The monoisotopic (exact) mass is 234 g/mol. The molecule has 0 aliphatic heterocycles. The second-order valence-corrected chi connectivity index (χ2v) is 4.41. The van der Waals surface area contributed by atoms with E-state index in [1.54, 1.807) is 6.20 Å². The van der Waals surface area contributed by atoms with E-state index in [1.807, 2.05) is 39.1 Å². The fourth-order valence-electron chi connectivity index (χ4n) is 1.34. The molecule has 0 amide bonds. The third kappa shape index (κ3) is 5.50. The molecule has 0 spiro atoms. The molecule has 1 heterocycles. The molecule has 1 unspecified atom stereocenters. The predicted molar refractivity (Wildman–Crippen MR) is 72.2 cm³/mol. The van der Waals surface area contributed by atoms with Crippen molar-refractivity contribution in [2.45, 2.75) is 39.3 Å². The van der Waals surface area contributed by atoms with Crippen LogP contribution in [0.3, 0.4) is 0 Å². The van der Waals surface area contributed by atoms with E-state index in [9.17, 15) is 0 Å². The highest BCUT2D eigenvalue weighted by atomic mass is 16.5. The van der Waals surface area contributed by atoms with Gasteiger partial charge in [-0.1, -0.05) is 6.08 Å². The molecule has 0 aliphatic rings. The smallest absolute Gasteiger partial charge is 0.138 e. The molecule has 0 aliphatic carbocycles. The first-order chi connectivity index (χ1) is 8.11. The molecule has 0 bridgehead atoms. The zero-order valence-corrected chi connectivity index (χ0v) is 11.1. The van der Waals surface area contributed by atoms with Gasteiger partial charge in [0.25, 0.3) is 0 Å². The Morgan fingerprint density at radius 1 is 1.35 bits per heavy atom. The molecule has 0 saturated heterocycles. The van der Waals surface area contributed by atoms with Crippen LogP contribution < -0.4 is 10.1 Å². The lowest BCUT2D eigenvalue weighted by Crippen LogP contribution is -2.19. The summed E-state index contributed by atoms with van der Waals surface area (Å²) in [6.45, 7) is 6.16. The standard InChI is InChI=1S/C14H22N2O/c1-11(2)17-14-9-8-13(16-10-14)7-5-6-12(3)15-4/h5,7-12,15H,6H2,1-4H3. The Kier molecular flexibility index (Phi) is 5.70. The highest BCUT2D eigenvalue weighted by molar-refractivity contribution is 5.45. The van der Waals surface area contributed by atoms with Crippen LogP contribution in [-0.2, 0) is 0 Å². The summed E-state index contributed by atoms with van der Waals surface area (Å²) >= 11 is 0. The summed E-state index contributed by atoms with van der Waals surface area (Å²) in [5, 5.41) is 3.19. The second-order valence-electron chi connectivity index (χ2n) is 4.41. The Morgan fingerprint density at radius 3 is 2.65 bits per heavy atom. The highest BCUT2D eigenvalue weighted by Gasteiger charge is 1.97. The molecule has 0 aromatic carbocycles. The van der Waals surface area contributed by atoms with Crippen LogP contribution >= 0.6 is 0 Å². The summed E-state index contributed by atoms with van der Waals surface area (Å²) in [4.78, 5) is 4.32. The number of rotatable bonds is 6. The SMILES string of the molecule is CNC(C)CC=Cc1ccc(OC(C)C)cn1. The van der Waals surface area contributed by atoms with Gasteiger partial charge in [-0.2, -0.15) is 0 Å². The lowest BCUT2D eigenvalue weighted by atomic mass is 10.2. The molecule has 3 nitrogen and oxygen atoms in total. The fourth-order valence-corrected chi connectivity index (χ4v) is 1.34. The summed E-state index contributed by atoms with van der Waals surface area (Å²) in [5.41, 5.74) is 0.962. The van der Waals surface area contributed by atoms with Crippen molar-refractivity contribution in [1.82, 2.24) is 10.3 Å². The van der Waals surface area contributed by atoms with Gasteiger partial charge in [0.15, 0.2) is 0 Å². The molecule has 3 heteroatoms. The third-order valence-corrected chi connectivity index (χ3v) is 2.40. The molecule has 94 valence electrons. The molecular formula is C14H22N2O. The molecule has 1 aromatic rings. The lowest BCUT2D eigenvalue weighted by Gasteiger charge is -2.08. The van der Waals surface area contributed by atoms with Gasteiger partial charge in [-0.25, -0.2) is 0 Å². The van der Waals surface area contributed by atoms with Crippen molar-refractivity contribution >= 4 is 6.08 Å². The maximum Gasteiger partial charge on any atom is 0.138 e. The molecule has 1 atom stereocenters. The summed E-state index contributed by atoms with van der Waals surface area (Å²) in [7, 11) is 1.97. The Hall–Kier alpha value is -1.35. The minimum Gasteiger partial charge on any atom is -0.489 e. The van der Waals surface area contributed by atoms with E-state index in [2.05, 4.69) is 23.3 Å². The van der Waals surface area contributed by atoms with Crippen molar-refractivity contribution in [2.24, 2.45) is 0 Å². The van der Waals surface area contributed by atoms with Crippen LogP contribution in [0.1, 0.15) is 32.9 Å². The number of nitrogens with zero attached hydrogens (tertiary/aromatic N) is 1. The van der Waals surface area contributed by atoms with Gasteiger partial charge in [-0.05, 0) is 52.4 Å². The Labute approximate surface area is 104 Å². The van der Waals surface area contributed by atoms with Crippen molar-refractivity contribution in [3.05, 3.63) is 30.1 Å². The van der Waals surface area contributed by atoms with Gasteiger partial charge in [0.05, 0.1) is 18.0 Å². The van der Waals surface area contributed by atoms with Gasteiger partial charge in [-0.3, -0.25) is 4.98 Å².